The lowest BCUT2D eigenvalue weighted by Crippen LogP contribution is -2.41. The predicted octanol–water partition coefficient (Wildman–Crippen LogP) is 4.77. The third-order valence-corrected chi connectivity index (χ3v) is 8.05. The normalized spacial score (nSPS) is 15.8. The Morgan fingerprint density at radius 1 is 0.968 bits per heavy atom. The lowest BCUT2D eigenvalue weighted by atomic mass is 9.97. The summed E-state index contributed by atoms with van der Waals surface area (Å²) in [5, 5.41) is 5.18. The first-order valence-corrected chi connectivity index (χ1v) is 12.0. The molecule has 0 aromatic heterocycles. The van der Waals surface area contributed by atoms with Gasteiger partial charge in [-0.15, -0.1) is 0 Å². The molecule has 31 heavy (non-hydrogen) atoms. The van der Waals surface area contributed by atoms with Crippen LogP contribution in [0.5, 0.6) is 0 Å². The highest BCUT2D eigenvalue weighted by Gasteiger charge is 2.32. The SMILES string of the molecule is Nc1c(Cl)cc(NC(=O)C2CCN(S(=O)(=O)c3ccc4ccccc4c3)CC2)cc1Cl. The number of nitrogens with two attached hydrogens (primary N) is 1. The second kappa shape index (κ2) is 8.67. The van der Waals surface area contributed by atoms with E-state index in [0.717, 1.165) is 10.8 Å². The van der Waals surface area contributed by atoms with Gasteiger partial charge in [0.15, 0.2) is 0 Å². The number of sulfonamides is 1. The number of hydrogen-bond acceptors (Lipinski definition) is 4. The summed E-state index contributed by atoms with van der Waals surface area (Å²) in [6.07, 6.45) is 0.851. The molecule has 3 aromatic rings. The smallest absolute Gasteiger partial charge is 0.243 e. The molecule has 0 atom stereocenters. The molecule has 6 nitrogen and oxygen atoms in total. The molecule has 4 rings (SSSR count). The van der Waals surface area contributed by atoms with Gasteiger partial charge in [-0.2, -0.15) is 4.31 Å². The van der Waals surface area contributed by atoms with Crippen molar-refractivity contribution in [2.75, 3.05) is 24.1 Å². The highest BCUT2D eigenvalue weighted by molar-refractivity contribution is 7.89. The Kier molecular flexibility index (Phi) is 6.12. The van der Waals surface area contributed by atoms with E-state index in [9.17, 15) is 13.2 Å². The molecule has 0 radical (unpaired) electrons. The number of carbonyl (C=O) groups is 1. The quantitative estimate of drug-likeness (QED) is 0.529. The van der Waals surface area contributed by atoms with E-state index in [0.29, 0.717) is 18.5 Å². The molecule has 0 bridgehead atoms. The number of carbonyl (C=O) groups excluding carboxylic acids is 1. The fraction of sp³-hybridized carbons (Fsp3) is 0.227. The first kappa shape index (κ1) is 21.9. The molecule has 3 N–H and O–H groups in total. The maximum absolute atomic E-state index is 13.1. The summed E-state index contributed by atoms with van der Waals surface area (Å²) in [4.78, 5) is 12.9. The van der Waals surface area contributed by atoms with Gasteiger partial charge in [0, 0.05) is 24.7 Å². The summed E-state index contributed by atoms with van der Waals surface area (Å²) in [6, 6.07) is 15.8. The number of anilines is 2. The minimum absolute atomic E-state index is 0.195. The van der Waals surface area contributed by atoms with Crippen LogP contribution in [0.25, 0.3) is 10.8 Å². The maximum Gasteiger partial charge on any atom is 0.243 e. The Hall–Kier alpha value is -2.32. The number of rotatable bonds is 4. The van der Waals surface area contributed by atoms with Crippen LogP contribution in [0.2, 0.25) is 10.0 Å². The first-order chi connectivity index (χ1) is 14.8. The van der Waals surface area contributed by atoms with Crippen molar-refractivity contribution < 1.29 is 13.2 Å². The Balaban J connectivity index is 1.43. The van der Waals surface area contributed by atoms with E-state index in [2.05, 4.69) is 5.32 Å². The predicted molar refractivity (Wildman–Crippen MR) is 125 cm³/mol. The number of nitrogens with one attached hydrogen (secondary N) is 1. The highest BCUT2D eigenvalue weighted by atomic mass is 35.5. The van der Waals surface area contributed by atoms with Gasteiger partial charge in [0.05, 0.1) is 20.6 Å². The lowest BCUT2D eigenvalue weighted by Gasteiger charge is -2.30. The number of amides is 1. The molecule has 3 aromatic carbocycles. The molecule has 162 valence electrons. The molecule has 0 unspecified atom stereocenters. The van der Waals surface area contributed by atoms with Crippen LogP contribution in [-0.4, -0.2) is 31.7 Å². The van der Waals surface area contributed by atoms with Crippen molar-refractivity contribution in [3.05, 3.63) is 64.6 Å². The van der Waals surface area contributed by atoms with Crippen molar-refractivity contribution in [2.45, 2.75) is 17.7 Å². The van der Waals surface area contributed by atoms with E-state index in [4.69, 9.17) is 28.9 Å². The van der Waals surface area contributed by atoms with Gasteiger partial charge in [-0.1, -0.05) is 53.5 Å². The maximum atomic E-state index is 13.1. The molecule has 0 spiro atoms. The highest BCUT2D eigenvalue weighted by Crippen LogP contribution is 2.32. The number of hydrogen-bond donors (Lipinski definition) is 2. The van der Waals surface area contributed by atoms with Crippen LogP contribution in [0.1, 0.15) is 12.8 Å². The van der Waals surface area contributed by atoms with E-state index in [1.165, 1.54) is 4.31 Å². The largest absolute Gasteiger partial charge is 0.396 e. The van der Waals surface area contributed by atoms with Crippen LogP contribution >= 0.6 is 23.2 Å². The zero-order valence-corrected chi connectivity index (χ0v) is 18.8. The standard InChI is InChI=1S/C22H21Cl2N3O3S/c23-19-12-17(13-20(24)21(19)25)26-22(28)15-7-9-27(10-8-15)31(29,30)18-6-5-14-3-1-2-4-16(14)11-18/h1-6,11-13,15H,7-10,25H2,(H,26,28). The van der Waals surface area contributed by atoms with Crippen molar-refractivity contribution in [1.82, 2.24) is 4.31 Å². The van der Waals surface area contributed by atoms with Gasteiger partial charge in [-0.05, 0) is 47.9 Å². The number of benzene rings is 3. The molecular weight excluding hydrogens is 457 g/mol. The number of nitrogens with zero attached hydrogens (tertiary/aromatic N) is 1. The number of halogens is 2. The zero-order valence-electron chi connectivity index (χ0n) is 16.5. The van der Waals surface area contributed by atoms with Crippen molar-refractivity contribution in [2.24, 2.45) is 5.92 Å². The Bertz CT molecular complexity index is 1230. The van der Waals surface area contributed by atoms with Crippen molar-refractivity contribution in [3.8, 4) is 0 Å². The number of nitrogen functional groups attached to an aromatic ring is 1. The molecule has 9 heteroatoms. The summed E-state index contributed by atoms with van der Waals surface area (Å²) >= 11 is 12.0. The Morgan fingerprint density at radius 3 is 2.23 bits per heavy atom. The van der Waals surface area contributed by atoms with Crippen LogP contribution in [0.4, 0.5) is 11.4 Å². The first-order valence-electron chi connectivity index (χ1n) is 9.80. The molecule has 1 saturated heterocycles. The van der Waals surface area contributed by atoms with Crippen LogP contribution in [0.3, 0.4) is 0 Å². The number of piperidine rings is 1. The van der Waals surface area contributed by atoms with Gasteiger partial charge < -0.3 is 11.1 Å². The number of fused-ring (bicyclic) bond motifs is 1. The minimum atomic E-state index is -3.62. The molecule has 1 amide bonds. The van der Waals surface area contributed by atoms with Gasteiger partial charge in [0.25, 0.3) is 0 Å². The summed E-state index contributed by atoms with van der Waals surface area (Å²) in [7, 11) is -3.62. The second-order valence-electron chi connectivity index (χ2n) is 7.53. The van der Waals surface area contributed by atoms with Gasteiger partial charge in [0.1, 0.15) is 0 Å². The molecule has 0 saturated carbocycles. The molecule has 1 heterocycles. The minimum Gasteiger partial charge on any atom is -0.396 e. The molecule has 1 fully saturated rings. The van der Waals surface area contributed by atoms with Crippen molar-refractivity contribution in [1.29, 1.82) is 0 Å². The van der Waals surface area contributed by atoms with E-state index in [1.807, 2.05) is 30.3 Å². The van der Waals surface area contributed by atoms with Gasteiger partial charge in [-0.3, -0.25) is 4.79 Å². The van der Waals surface area contributed by atoms with E-state index >= 15 is 0 Å². The van der Waals surface area contributed by atoms with E-state index in [-0.39, 0.29) is 45.5 Å². The monoisotopic (exact) mass is 477 g/mol. The average molecular weight is 478 g/mol. The molecule has 0 aliphatic carbocycles. The fourth-order valence-corrected chi connectivity index (χ4v) is 5.73. The van der Waals surface area contributed by atoms with Crippen LogP contribution in [-0.2, 0) is 14.8 Å². The summed E-state index contributed by atoms with van der Waals surface area (Å²) in [6.45, 7) is 0.549. The van der Waals surface area contributed by atoms with Crippen molar-refractivity contribution >= 4 is 61.3 Å². The third kappa shape index (κ3) is 4.50. The van der Waals surface area contributed by atoms with Crippen molar-refractivity contribution in [3.63, 3.8) is 0 Å². The summed E-state index contributed by atoms with van der Waals surface area (Å²) in [5.74, 6) is -0.502. The molecule has 1 aliphatic rings. The van der Waals surface area contributed by atoms with Gasteiger partial charge in [-0.25, -0.2) is 8.42 Å². The fourth-order valence-electron chi connectivity index (χ4n) is 3.74. The topological polar surface area (TPSA) is 92.5 Å². The van der Waals surface area contributed by atoms with Crippen LogP contribution in [0, 0.1) is 5.92 Å². The van der Waals surface area contributed by atoms with Gasteiger partial charge in [0.2, 0.25) is 15.9 Å². The molecule has 1 aliphatic heterocycles. The van der Waals surface area contributed by atoms with Crippen LogP contribution in [0.15, 0.2) is 59.5 Å². The summed E-state index contributed by atoms with van der Waals surface area (Å²) in [5.41, 5.74) is 6.44. The third-order valence-electron chi connectivity index (χ3n) is 5.53. The second-order valence-corrected chi connectivity index (χ2v) is 10.3. The zero-order chi connectivity index (χ0) is 22.2. The Labute approximate surface area is 191 Å². The van der Waals surface area contributed by atoms with Crippen LogP contribution < -0.4 is 11.1 Å². The Morgan fingerprint density at radius 2 is 1.58 bits per heavy atom. The summed E-state index contributed by atoms with van der Waals surface area (Å²) < 4.78 is 27.6. The van der Waals surface area contributed by atoms with Gasteiger partial charge >= 0.3 is 0 Å². The van der Waals surface area contributed by atoms with E-state index < -0.39 is 10.0 Å². The molecular formula is C22H21Cl2N3O3S. The average Bonchev–Trinajstić information content (AvgIpc) is 2.77. The lowest BCUT2D eigenvalue weighted by molar-refractivity contribution is -0.120. The van der Waals surface area contributed by atoms with E-state index in [1.54, 1.807) is 24.3 Å².